The Labute approximate surface area is 144 Å². The van der Waals surface area contributed by atoms with E-state index in [0.717, 1.165) is 43.0 Å². The molecular weight excluding hydrogens is 318 g/mol. The second kappa shape index (κ2) is 6.76. The number of carbonyl (C=O) groups is 1. The summed E-state index contributed by atoms with van der Waals surface area (Å²) in [4.78, 5) is 22.0. The van der Waals surface area contributed by atoms with Crippen LogP contribution in [0, 0.1) is 0 Å². The number of nitrogens with one attached hydrogen (secondary N) is 2. The first kappa shape index (κ1) is 15.4. The molecule has 0 radical (unpaired) electrons. The van der Waals surface area contributed by atoms with Crippen LogP contribution in [0.2, 0.25) is 0 Å². The number of benzene rings is 1. The number of likely N-dealkylation sites (tertiary alicyclic amines) is 1. The fourth-order valence-electron chi connectivity index (χ4n) is 3.16. The second-order valence-corrected chi connectivity index (χ2v) is 6.00. The SMILES string of the molecule is O=C(Nc1ccc(-n2ccnn2)cc1)N1CCCC[C@H]1c1ncc[nH]1. The zero-order chi connectivity index (χ0) is 17.1. The summed E-state index contributed by atoms with van der Waals surface area (Å²) in [5.41, 5.74) is 1.64. The Morgan fingerprint density at radius 2 is 2.08 bits per heavy atom. The number of H-pyrrole nitrogens is 1. The third-order valence-electron chi connectivity index (χ3n) is 4.40. The van der Waals surface area contributed by atoms with E-state index in [-0.39, 0.29) is 12.1 Å². The molecule has 128 valence electrons. The Hall–Kier alpha value is -3.16. The molecule has 0 saturated carbocycles. The van der Waals surface area contributed by atoms with Crippen molar-refractivity contribution in [1.29, 1.82) is 0 Å². The number of aromatic nitrogens is 5. The minimum absolute atomic E-state index is 0.00169. The molecule has 0 unspecified atom stereocenters. The van der Waals surface area contributed by atoms with Gasteiger partial charge in [0.05, 0.1) is 24.1 Å². The van der Waals surface area contributed by atoms with E-state index in [1.807, 2.05) is 29.2 Å². The molecule has 1 aliphatic rings. The summed E-state index contributed by atoms with van der Waals surface area (Å²) < 4.78 is 1.67. The predicted molar refractivity (Wildman–Crippen MR) is 92.3 cm³/mol. The minimum atomic E-state index is -0.102. The fraction of sp³-hybridized carbons (Fsp3) is 0.294. The molecule has 1 fully saturated rings. The summed E-state index contributed by atoms with van der Waals surface area (Å²) in [6.45, 7) is 0.730. The van der Waals surface area contributed by atoms with E-state index in [2.05, 4.69) is 25.6 Å². The lowest BCUT2D eigenvalue weighted by atomic mass is 10.0. The average molecular weight is 337 g/mol. The molecule has 2 amide bonds. The summed E-state index contributed by atoms with van der Waals surface area (Å²) in [7, 11) is 0. The molecule has 8 nitrogen and oxygen atoms in total. The highest BCUT2D eigenvalue weighted by Gasteiger charge is 2.29. The van der Waals surface area contributed by atoms with Crippen molar-refractivity contribution in [3.05, 3.63) is 54.9 Å². The Balaban J connectivity index is 1.47. The molecule has 1 atom stereocenters. The third kappa shape index (κ3) is 3.23. The minimum Gasteiger partial charge on any atom is -0.347 e. The molecule has 8 heteroatoms. The van der Waals surface area contributed by atoms with E-state index in [9.17, 15) is 4.79 Å². The molecule has 1 aromatic carbocycles. The lowest BCUT2D eigenvalue weighted by Crippen LogP contribution is -2.41. The Bertz CT molecular complexity index is 811. The smallest absolute Gasteiger partial charge is 0.322 e. The van der Waals surface area contributed by atoms with Crippen LogP contribution in [0.1, 0.15) is 31.1 Å². The van der Waals surface area contributed by atoms with Crippen molar-refractivity contribution < 1.29 is 4.79 Å². The summed E-state index contributed by atoms with van der Waals surface area (Å²) in [5.74, 6) is 0.844. The number of hydrogen-bond donors (Lipinski definition) is 2. The number of aromatic amines is 1. The van der Waals surface area contributed by atoms with Crippen LogP contribution >= 0.6 is 0 Å². The number of nitrogens with zero attached hydrogens (tertiary/aromatic N) is 5. The summed E-state index contributed by atoms with van der Waals surface area (Å²) >= 11 is 0. The van der Waals surface area contributed by atoms with Crippen molar-refractivity contribution in [3.8, 4) is 5.69 Å². The molecule has 0 aliphatic carbocycles. The van der Waals surface area contributed by atoms with Gasteiger partial charge in [-0.1, -0.05) is 5.21 Å². The number of carbonyl (C=O) groups excluding carboxylic acids is 1. The molecule has 0 spiro atoms. The van der Waals surface area contributed by atoms with Crippen LogP contribution in [0.15, 0.2) is 49.1 Å². The maximum atomic E-state index is 12.7. The van der Waals surface area contributed by atoms with Gasteiger partial charge in [-0.05, 0) is 43.5 Å². The number of urea groups is 1. The first-order valence-corrected chi connectivity index (χ1v) is 8.35. The molecule has 25 heavy (non-hydrogen) atoms. The lowest BCUT2D eigenvalue weighted by molar-refractivity contribution is 0.160. The van der Waals surface area contributed by atoms with Crippen molar-refractivity contribution in [2.45, 2.75) is 25.3 Å². The van der Waals surface area contributed by atoms with Crippen molar-refractivity contribution in [2.75, 3.05) is 11.9 Å². The maximum Gasteiger partial charge on any atom is 0.322 e. The number of piperidine rings is 1. The van der Waals surface area contributed by atoms with Crippen LogP contribution in [-0.2, 0) is 0 Å². The van der Waals surface area contributed by atoms with Gasteiger partial charge >= 0.3 is 6.03 Å². The highest BCUT2D eigenvalue weighted by molar-refractivity contribution is 5.89. The van der Waals surface area contributed by atoms with Gasteiger partial charge < -0.3 is 15.2 Å². The van der Waals surface area contributed by atoms with Crippen LogP contribution < -0.4 is 5.32 Å². The number of imidazole rings is 1. The highest BCUT2D eigenvalue weighted by Crippen LogP contribution is 2.29. The highest BCUT2D eigenvalue weighted by atomic mass is 16.2. The monoisotopic (exact) mass is 337 g/mol. The Kier molecular flexibility index (Phi) is 4.16. The van der Waals surface area contributed by atoms with Crippen molar-refractivity contribution in [3.63, 3.8) is 0 Å². The number of hydrogen-bond acceptors (Lipinski definition) is 4. The van der Waals surface area contributed by atoms with Gasteiger partial charge in [0.1, 0.15) is 5.82 Å². The molecule has 2 aromatic heterocycles. The molecule has 1 saturated heterocycles. The fourth-order valence-corrected chi connectivity index (χ4v) is 3.16. The van der Waals surface area contributed by atoms with Gasteiger partial charge in [0, 0.05) is 24.6 Å². The van der Waals surface area contributed by atoms with Crippen LogP contribution in [0.3, 0.4) is 0 Å². The van der Waals surface area contributed by atoms with Crippen LogP contribution in [0.4, 0.5) is 10.5 Å². The van der Waals surface area contributed by atoms with Gasteiger partial charge in [-0.3, -0.25) is 0 Å². The van der Waals surface area contributed by atoms with E-state index in [1.54, 1.807) is 29.5 Å². The predicted octanol–water partition coefficient (Wildman–Crippen LogP) is 2.75. The Morgan fingerprint density at radius 3 is 2.80 bits per heavy atom. The quantitative estimate of drug-likeness (QED) is 0.769. The van der Waals surface area contributed by atoms with Gasteiger partial charge in [-0.25, -0.2) is 14.5 Å². The molecule has 4 rings (SSSR count). The summed E-state index contributed by atoms with van der Waals surface area (Å²) in [5, 5.41) is 10.7. The van der Waals surface area contributed by atoms with E-state index in [0.29, 0.717) is 0 Å². The normalized spacial score (nSPS) is 17.4. The largest absolute Gasteiger partial charge is 0.347 e. The summed E-state index contributed by atoms with van der Waals surface area (Å²) in [6.07, 6.45) is 9.95. The van der Waals surface area contributed by atoms with Crippen LogP contribution in [0.5, 0.6) is 0 Å². The van der Waals surface area contributed by atoms with Crippen LogP contribution in [0.25, 0.3) is 5.69 Å². The van der Waals surface area contributed by atoms with Gasteiger partial charge in [-0.15, -0.1) is 5.10 Å². The molecule has 3 aromatic rings. The maximum absolute atomic E-state index is 12.7. The van der Waals surface area contributed by atoms with Gasteiger partial charge in [-0.2, -0.15) is 0 Å². The third-order valence-corrected chi connectivity index (χ3v) is 4.40. The zero-order valence-electron chi connectivity index (χ0n) is 13.7. The second-order valence-electron chi connectivity index (χ2n) is 6.00. The van der Waals surface area contributed by atoms with E-state index >= 15 is 0 Å². The number of amides is 2. The van der Waals surface area contributed by atoms with Crippen LogP contribution in [-0.4, -0.2) is 42.4 Å². The number of rotatable bonds is 3. The molecule has 3 heterocycles. The zero-order valence-corrected chi connectivity index (χ0v) is 13.7. The van der Waals surface area contributed by atoms with Gasteiger partial charge in [0.2, 0.25) is 0 Å². The van der Waals surface area contributed by atoms with Gasteiger partial charge in [0.15, 0.2) is 0 Å². The van der Waals surface area contributed by atoms with E-state index < -0.39 is 0 Å². The standard InChI is InChI=1S/C17H19N7O/c25-17(23-11-2-1-3-15(23)16-18-8-9-19-16)21-13-4-6-14(7-5-13)24-12-10-20-22-24/h4-10,12,15H,1-3,11H2,(H,18,19)(H,21,25)/t15-/m0/s1. The van der Waals surface area contributed by atoms with Crippen molar-refractivity contribution in [2.24, 2.45) is 0 Å². The summed E-state index contributed by atoms with van der Waals surface area (Å²) in [6, 6.07) is 7.41. The van der Waals surface area contributed by atoms with Gasteiger partial charge in [0.25, 0.3) is 0 Å². The molecular formula is C17H19N7O. The van der Waals surface area contributed by atoms with Crippen molar-refractivity contribution in [1.82, 2.24) is 29.9 Å². The average Bonchev–Trinajstić information content (AvgIpc) is 3.36. The van der Waals surface area contributed by atoms with Crippen molar-refractivity contribution >= 4 is 11.7 Å². The molecule has 2 N–H and O–H groups in total. The first-order valence-electron chi connectivity index (χ1n) is 8.35. The lowest BCUT2D eigenvalue weighted by Gasteiger charge is -2.34. The number of anilines is 1. The molecule has 0 bridgehead atoms. The first-order chi connectivity index (χ1) is 12.3. The topological polar surface area (TPSA) is 91.7 Å². The molecule has 1 aliphatic heterocycles. The Morgan fingerprint density at radius 1 is 1.20 bits per heavy atom. The van der Waals surface area contributed by atoms with E-state index in [4.69, 9.17) is 0 Å². The van der Waals surface area contributed by atoms with E-state index in [1.165, 1.54) is 0 Å².